The van der Waals surface area contributed by atoms with Gasteiger partial charge < -0.3 is 15.2 Å². The van der Waals surface area contributed by atoms with E-state index in [1.165, 1.54) is 19.4 Å². The van der Waals surface area contributed by atoms with Gasteiger partial charge in [-0.25, -0.2) is 0 Å². The molecule has 0 amide bonds. The number of nitrogens with one attached hydrogen (secondary N) is 2. The molecule has 2 N–H and O–H groups in total. The number of hydrogen-bond acceptors (Lipinski definition) is 4. The number of nitrogens with zero attached hydrogens (tertiary/aromatic N) is 5. The van der Waals surface area contributed by atoms with E-state index in [1.807, 2.05) is 0 Å². The summed E-state index contributed by atoms with van der Waals surface area (Å²) >= 11 is 0. The van der Waals surface area contributed by atoms with Crippen LogP contribution in [0.25, 0.3) is 0 Å². The zero-order chi connectivity index (χ0) is 18.1. The molecule has 142 valence electrons. The van der Waals surface area contributed by atoms with Crippen LogP contribution in [0.5, 0.6) is 0 Å². The van der Waals surface area contributed by atoms with Crippen molar-refractivity contribution in [1.29, 1.82) is 0 Å². The molecule has 1 fully saturated rings. The van der Waals surface area contributed by atoms with Crippen LogP contribution in [0.4, 0.5) is 0 Å². The molecule has 2 atom stereocenters. The molecule has 0 saturated carbocycles. The second-order valence-corrected chi connectivity index (χ2v) is 6.79. The van der Waals surface area contributed by atoms with Crippen molar-refractivity contribution in [3.63, 3.8) is 0 Å². The number of hydrogen-bond donors (Lipinski definition) is 2. The lowest BCUT2D eigenvalue weighted by molar-refractivity contribution is 0.273. The Morgan fingerprint density at radius 3 is 2.96 bits per heavy atom. The minimum atomic E-state index is 0.415. The maximum atomic E-state index is 4.87. The van der Waals surface area contributed by atoms with Crippen molar-refractivity contribution >= 4 is 5.96 Å². The number of aliphatic imine (C=N–C) groups is 1. The van der Waals surface area contributed by atoms with Crippen LogP contribution in [0.2, 0.25) is 0 Å². The molecule has 1 aromatic heterocycles. The Morgan fingerprint density at radius 2 is 2.24 bits per heavy atom. The van der Waals surface area contributed by atoms with Crippen LogP contribution in [-0.4, -0.2) is 63.9 Å². The summed E-state index contributed by atoms with van der Waals surface area (Å²) in [4.78, 5) is 7.40. The van der Waals surface area contributed by atoms with Gasteiger partial charge in [0.1, 0.15) is 12.2 Å². The van der Waals surface area contributed by atoms with E-state index < -0.39 is 0 Å². The second-order valence-electron chi connectivity index (χ2n) is 6.79. The van der Waals surface area contributed by atoms with Crippen molar-refractivity contribution in [2.24, 2.45) is 4.99 Å². The summed E-state index contributed by atoms with van der Waals surface area (Å²) in [6.07, 6.45) is 6.34. The van der Waals surface area contributed by atoms with E-state index >= 15 is 0 Å². The highest BCUT2D eigenvalue weighted by atomic mass is 15.3. The van der Waals surface area contributed by atoms with Crippen molar-refractivity contribution in [3.8, 4) is 0 Å². The molecule has 2 heterocycles. The number of likely N-dealkylation sites (tertiary alicyclic amines) is 1. The van der Waals surface area contributed by atoms with Gasteiger partial charge in [-0.15, -0.1) is 10.2 Å². The highest BCUT2D eigenvalue weighted by Gasteiger charge is 2.22. The predicted molar refractivity (Wildman–Crippen MR) is 103 cm³/mol. The van der Waals surface area contributed by atoms with Crippen molar-refractivity contribution in [2.75, 3.05) is 26.2 Å². The molecular formula is C18H35N7. The van der Waals surface area contributed by atoms with Crippen LogP contribution >= 0.6 is 0 Å². The Bertz CT molecular complexity index is 525. The summed E-state index contributed by atoms with van der Waals surface area (Å²) in [6, 6.07) is 1.00. The minimum Gasteiger partial charge on any atom is -0.355 e. The first-order valence-corrected chi connectivity index (χ1v) is 9.83. The standard InChI is InChI=1S/C18H35N7/c1-5-15(4)22-18(20-13-16-9-8-11-24(16)7-3)19-10-12-25-14-21-23-17(25)6-2/h14-16H,5-13H2,1-4H3,(H2,19,20,22). The van der Waals surface area contributed by atoms with Gasteiger partial charge >= 0.3 is 0 Å². The van der Waals surface area contributed by atoms with Gasteiger partial charge in [-0.2, -0.15) is 0 Å². The van der Waals surface area contributed by atoms with E-state index in [0.29, 0.717) is 12.1 Å². The molecule has 2 rings (SSSR count). The highest BCUT2D eigenvalue weighted by Crippen LogP contribution is 2.16. The Hall–Kier alpha value is -1.63. The maximum absolute atomic E-state index is 4.87. The summed E-state index contributed by atoms with van der Waals surface area (Å²) in [5.74, 6) is 1.95. The van der Waals surface area contributed by atoms with Crippen LogP contribution in [0.1, 0.15) is 52.8 Å². The molecule has 7 heteroatoms. The van der Waals surface area contributed by atoms with Crippen LogP contribution in [0.15, 0.2) is 11.3 Å². The number of guanidine groups is 1. The molecule has 0 bridgehead atoms. The Balaban J connectivity index is 1.89. The molecule has 0 spiro atoms. The van der Waals surface area contributed by atoms with Crippen LogP contribution in [0, 0.1) is 0 Å². The molecule has 0 aliphatic carbocycles. The molecule has 1 aromatic rings. The lowest BCUT2D eigenvalue weighted by Crippen LogP contribution is -2.44. The van der Waals surface area contributed by atoms with E-state index in [0.717, 1.165) is 50.8 Å². The molecule has 25 heavy (non-hydrogen) atoms. The third-order valence-electron chi connectivity index (χ3n) is 5.02. The molecule has 0 aromatic carbocycles. The van der Waals surface area contributed by atoms with Gasteiger partial charge in [-0.05, 0) is 39.3 Å². The lowest BCUT2D eigenvalue weighted by Gasteiger charge is -2.22. The second kappa shape index (κ2) is 10.4. The molecule has 1 saturated heterocycles. The summed E-state index contributed by atoms with van der Waals surface area (Å²) < 4.78 is 2.10. The molecule has 2 unspecified atom stereocenters. The molecule has 1 aliphatic heterocycles. The Kier molecular flexibility index (Phi) is 8.18. The van der Waals surface area contributed by atoms with E-state index in [4.69, 9.17) is 4.99 Å². The number of rotatable bonds is 9. The zero-order valence-electron chi connectivity index (χ0n) is 16.3. The molecule has 7 nitrogen and oxygen atoms in total. The maximum Gasteiger partial charge on any atom is 0.191 e. The smallest absolute Gasteiger partial charge is 0.191 e. The van der Waals surface area contributed by atoms with Crippen LogP contribution in [0.3, 0.4) is 0 Å². The Morgan fingerprint density at radius 1 is 1.40 bits per heavy atom. The van der Waals surface area contributed by atoms with E-state index in [-0.39, 0.29) is 0 Å². The topological polar surface area (TPSA) is 70.4 Å². The van der Waals surface area contributed by atoms with Crippen molar-refractivity contribution in [3.05, 3.63) is 12.2 Å². The van der Waals surface area contributed by atoms with Gasteiger partial charge in [0, 0.05) is 31.6 Å². The fourth-order valence-electron chi connectivity index (χ4n) is 3.24. The molecule has 1 aliphatic rings. The fourth-order valence-corrected chi connectivity index (χ4v) is 3.24. The first-order valence-electron chi connectivity index (χ1n) is 9.83. The van der Waals surface area contributed by atoms with E-state index in [1.54, 1.807) is 6.33 Å². The zero-order valence-corrected chi connectivity index (χ0v) is 16.3. The number of aromatic nitrogens is 3. The van der Waals surface area contributed by atoms with Gasteiger partial charge in [-0.1, -0.05) is 20.8 Å². The minimum absolute atomic E-state index is 0.415. The summed E-state index contributed by atoms with van der Waals surface area (Å²) in [7, 11) is 0. The quantitative estimate of drug-likeness (QED) is 0.524. The van der Waals surface area contributed by atoms with Crippen LogP contribution < -0.4 is 10.6 Å². The van der Waals surface area contributed by atoms with Gasteiger partial charge in [-0.3, -0.25) is 9.89 Å². The SMILES string of the molecule is CCc1nncn1CCNC(=NCC1CCCN1CC)NC(C)CC. The summed E-state index contributed by atoms with van der Waals surface area (Å²) in [6.45, 7) is 13.6. The fraction of sp³-hybridized carbons (Fsp3) is 0.833. The Labute approximate surface area is 152 Å². The van der Waals surface area contributed by atoms with Crippen molar-refractivity contribution in [1.82, 2.24) is 30.3 Å². The molecular weight excluding hydrogens is 314 g/mol. The average molecular weight is 350 g/mol. The summed E-state index contributed by atoms with van der Waals surface area (Å²) in [5.41, 5.74) is 0. The van der Waals surface area contributed by atoms with Crippen molar-refractivity contribution in [2.45, 2.75) is 72.0 Å². The normalized spacial score (nSPS) is 20.0. The van der Waals surface area contributed by atoms with E-state index in [2.05, 4.69) is 58.0 Å². The molecule has 0 radical (unpaired) electrons. The van der Waals surface area contributed by atoms with Gasteiger partial charge in [0.2, 0.25) is 0 Å². The van der Waals surface area contributed by atoms with Crippen molar-refractivity contribution < 1.29 is 0 Å². The van der Waals surface area contributed by atoms with Crippen LogP contribution in [-0.2, 0) is 13.0 Å². The largest absolute Gasteiger partial charge is 0.355 e. The van der Waals surface area contributed by atoms with Gasteiger partial charge in [0.05, 0.1) is 6.54 Å². The first kappa shape index (κ1) is 19.7. The number of aryl methyl sites for hydroxylation is 1. The van der Waals surface area contributed by atoms with Gasteiger partial charge in [0.25, 0.3) is 0 Å². The first-order chi connectivity index (χ1) is 12.2. The average Bonchev–Trinajstić information content (AvgIpc) is 3.27. The number of likely N-dealkylation sites (N-methyl/N-ethyl adjacent to an activating group) is 1. The monoisotopic (exact) mass is 349 g/mol. The lowest BCUT2D eigenvalue weighted by atomic mass is 10.2. The third-order valence-corrected chi connectivity index (χ3v) is 5.02. The van der Waals surface area contributed by atoms with E-state index in [9.17, 15) is 0 Å². The highest BCUT2D eigenvalue weighted by molar-refractivity contribution is 5.80. The predicted octanol–water partition coefficient (Wildman–Crippen LogP) is 1.66. The summed E-state index contributed by atoms with van der Waals surface area (Å²) in [5, 5.41) is 15.1. The third kappa shape index (κ3) is 5.99. The van der Waals surface area contributed by atoms with Gasteiger partial charge in [0.15, 0.2) is 5.96 Å².